The average molecular weight is 509 g/mol. The molecule has 0 saturated heterocycles. The molecule has 2 aromatic rings. The molecule has 0 aliphatic rings. The Morgan fingerprint density at radius 3 is 2.44 bits per heavy atom. The van der Waals surface area contributed by atoms with Crippen molar-refractivity contribution in [3.05, 3.63) is 57.0 Å². The van der Waals surface area contributed by atoms with E-state index in [1.165, 1.54) is 33.0 Å². The SMILES string of the molecule is Cc1cc(CNC(=O)c2nc(C(COC(C)(C)O)N(C)C(=O)OC(C)(C)C)[nH]c(=O)c2O)ccc1F. The Morgan fingerprint density at radius 1 is 1.25 bits per heavy atom. The third kappa shape index (κ3) is 8.02. The van der Waals surface area contributed by atoms with E-state index in [0.29, 0.717) is 11.1 Å². The Hall–Kier alpha value is -3.51. The lowest BCUT2D eigenvalue weighted by molar-refractivity contribution is -0.185. The van der Waals surface area contributed by atoms with Gasteiger partial charge in [0.15, 0.2) is 11.5 Å². The fourth-order valence-corrected chi connectivity index (χ4v) is 3.00. The zero-order valence-electron chi connectivity index (χ0n) is 21.4. The van der Waals surface area contributed by atoms with Gasteiger partial charge in [0, 0.05) is 13.6 Å². The highest BCUT2D eigenvalue weighted by Crippen LogP contribution is 2.23. The highest BCUT2D eigenvalue weighted by atomic mass is 19.1. The van der Waals surface area contributed by atoms with Crippen LogP contribution in [0.1, 0.15) is 68.1 Å². The maximum absolute atomic E-state index is 13.5. The van der Waals surface area contributed by atoms with Crippen LogP contribution in [0, 0.1) is 12.7 Å². The lowest BCUT2D eigenvalue weighted by Crippen LogP contribution is -2.41. The van der Waals surface area contributed by atoms with E-state index < -0.39 is 52.3 Å². The fraction of sp³-hybridized carbons (Fsp3) is 0.500. The molecule has 36 heavy (non-hydrogen) atoms. The molecule has 1 aromatic carbocycles. The van der Waals surface area contributed by atoms with Crippen molar-refractivity contribution < 1.29 is 33.7 Å². The van der Waals surface area contributed by atoms with Gasteiger partial charge < -0.3 is 30.0 Å². The van der Waals surface area contributed by atoms with E-state index in [9.17, 15) is 29.0 Å². The van der Waals surface area contributed by atoms with Crippen LogP contribution in [0.5, 0.6) is 5.75 Å². The molecule has 4 N–H and O–H groups in total. The van der Waals surface area contributed by atoms with E-state index in [4.69, 9.17) is 9.47 Å². The molecule has 0 fully saturated rings. The first-order valence-electron chi connectivity index (χ1n) is 11.2. The van der Waals surface area contributed by atoms with E-state index in [0.717, 1.165) is 4.90 Å². The normalized spacial score (nSPS) is 12.7. The number of halogens is 1. The van der Waals surface area contributed by atoms with Gasteiger partial charge in [-0.15, -0.1) is 0 Å². The third-order valence-corrected chi connectivity index (χ3v) is 4.86. The number of hydrogen-bond donors (Lipinski definition) is 4. The van der Waals surface area contributed by atoms with E-state index in [1.807, 2.05) is 0 Å². The van der Waals surface area contributed by atoms with Crippen LogP contribution in [-0.4, -0.2) is 62.1 Å². The standard InChI is InChI=1S/C24H33FN4O7/c1-13-10-14(8-9-15(13)25)11-26-20(31)17-18(30)21(32)28-19(27-17)16(12-35-24(5,6)34)29(7)22(33)36-23(2,3)4/h8-10,16,30,34H,11-12H2,1-7H3,(H,26,31)(H,27,28,32). The molecule has 0 radical (unpaired) electrons. The molecular formula is C24H33FN4O7. The van der Waals surface area contributed by atoms with Crippen molar-refractivity contribution in [2.45, 2.75) is 65.5 Å². The van der Waals surface area contributed by atoms with Gasteiger partial charge in [-0.3, -0.25) is 14.5 Å². The largest absolute Gasteiger partial charge is 0.501 e. The summed E-state index contributed by atoms with van der Waals surface area (Å²) in [4.78, 5) is 45.5. The molecule has 2 amide bonds. The summed E-state index contributed by atoms with van der Waals surface area (Å²) in [5.74, 6) is -3.95. The Morgan fingerprint density at radius 2 is 1.89 bits per heavy atom. The maximum atomic E-state index is 13.5. The molecule has 1 aromatic heterocycles. The molecule has 0 spiro atoms. The molecule has 2 rings (SSSR count). The summed E-state index contributed by atoms with van der Waals surface area (Å²) in [6.45, 7) is 9.00. The van der Waals surface area contributed by atoms with Gasteiger partial charge in [-0.2, -0.15) is 0 Å². The predicted molar refractivity (Wildman–Crippen MR) is 128 cm³/mol. The number of nitrogens with zero attached hydrogens (tertiary/aromatic N) is 2. The van der Waals surface area contributed by atoms with Crippen molar-refractivity contribution >= 4 is 12.0 Å². The van der Waals surface area contributed by atoms with Crippen molar-refractivity contribution in [2.75, 3.05) is 13.7 Å². The summed E-state index contributed by atoms with van der Waals surface area (Å²) in [5.41, 5.74) is -1.45. The summed E-state index contributed by atoms with van der Waals surface area (Å²) < 4.78 is 24.3. The van der Waals surface area contributed by atoms with Crippen molar-refractivity contribution in [3.8, 4) is 5.75 Å². The molecule has 198 valence electrons. The smallest absolute Gasteiger partial charge is 0.410 e. The summed E-state index contributed by atoms with van der Waals surface area (Å²) in [6, 6.07) is 3.19. The van der Waals surface area contributed by atoms with Crippen molar-refractivity contribution in [3.63, 3.8) is 0 Å². The van der Waals surface area contributed by atoms with Gasteiger partial charge in [0.25, 0.3) is 11.5 Å². The van der Waals surface area contributed by atoms with Crippen molar-refractivity contribution in [2.24, 2.45) is 0 Å². The number of aromatic nitrogens is 2. The van der Waals surface area contributed by atoms with Gasteiger partial charge in [0.1, 0.15) is 23.3 Å². The Labute approximate surface area is 208 Å². The van der Waals surface area contributed by atoms with Crippen LogP contribution in [0.15, 0.2) is 23.0 Å². The van der Waals surface area contributed by atoms with Gasteiger partial charge in [-0.25, -0.2) is 14.2 Å². The molecule has 1 atom stereocenters. The zero-order chi connectivity index (χ0) is 27.4. The molecule has 1 heterocycles. The fourth-order valence-electron chi connectivity index (χ4n) is 3.00. The molecule has 11 nitrogen and oxygen atoms in total. The molecule has 0 aliphatic carbocycles. The number of likely N-dealkylation sites (N-methyl/N-ethyl adjacent to an activating group) is 1. The minimum absolute atomic E-state index is 0.0216. The van der Waals surface area contributed by atoms with Gasteiger partial charge >= 0.3 is 6.09 Å². The average Bonchev–Trinajstić information content (AvgIpc) is 2.74. The van der Waals surface area contributed by atoms with Crippen molar-refractivity contribution in [1.82, 2.24) is 20.2 Å². The topological polar surface area (TPSA) is 154 Å². The van der Waals surface area contributed by atoms with Crippen LogP contribution in [-0.2, 0) is 16.0 Å². The van der Waals surface area contributed by atoms with E-state index >= 15 is 0 Å². The van der Waals surface area contributed by atoms with Crippen LogP contribution in [0.3, 0.4) is 0 Å². The van der Waals surface area contributed by atoms with E-state index in [1.54, 1.807) is 33.8 Å². The quantitative estimate of drug-likeness (QED) is 0.397. The number of carbonyl (C=O) groups excluding carboxylic acids is 2. The number of aromatic hydroxyl groups is 1. The zero-order valence-corrected chi connectivity index (χ0v) is 21.4. The second-order valence-corrected chi connectivity index (χ2v) is 9.78. The van der Waals surface area contributed by atoms with Gasteiger partial charge in [0.2, 0.25) is 5.75 Å². The highest BCUT2D eigenvalue weighted by Gasteiger charge is 2.31. The van der Waals surface area contributed by atoms with Crippen LogP contribution in [0.2, 0.25) is 0 Å². The van der Waals surface area contributed by atoms with Crippen LogP contribution >= 0.6 is 0 Å². The molecule has 0 saturated carbocycles. The highest BCUT2D eigenvalue weighted by molar-refractivity contribution is 5.94. The second kappa shape index (κ2) is 11.0. The number of nitrogens with one attached hydrogen (secondary N) is 2. The first-order valence-corrected chi connectivity index (χ1v) is 11.2. The molecule has 12 heteroatoms. The number of amides is 2. The Balaban J connectivity index is 2.39. The molecular weight excluding hydrogens is 475 g/mol. The van der Waals surface area contributed by atoms with E-state index in [-0.39, 0.29) is 19.0 Å². The summed E-state index contributed by atoms with van der Waals surface area (Å²) in [7, 11) is 1.37. The number of carbonyl (C=O) groups is 2. The number of aryl methyl sites for hydroxylation is 1. The summed E-state index contributed by atoms with van der Waals surface area (Å²) in [6.07, 6.45) is -0.778. The summed E-state index contributed by atoms with van der Waals surface area (Å²) in [5, 5.41) is 22.7. The molecule has 1 unspecified atom stereocenters. The number of hydrogen-bond acceptors (Lipinski definition) is 8. The Bertz CT molecular complexity index is 1170. The number of aromatic amines is 1. The Kier molecular flexibility index (Phi) is 8.81. The van der Waals surface area contributed by atoms with Gasteiger partial charge in [0.05, 0.1) is 6.61 Å². The number of aliphatic hydroxyl groups is 1. The lowest BCUT2D eigenvalue weighted by Gasteiger charge is -2.31. The lowest BCUT2D eigenvalue weighted by atomic mass is 10.1. The first kappa shape index (κ1) is 28.7. The number of benzene rings is 1. The first-order chi connectivity index (χ1) is 16.5. The minimum Gasteiger partial charge on any atom is -0.501 e. The molecule has 0 aliphatic heterocycles. The number of H-pyrrole nitrogens is 1. The summed E-state index contributed by atoms with van der Waals surface area (Å²) >= 11 is 0. The van der Waals surface area contributed by atoms with Crippen molar-refractivity contribution in [1.29, 1.82) is 0 Å². The minimum atomic E-state index is -1.59. The third-order valence-electron chi connectivity index (χ3n) is 4.86. The number of ether oxygens (including phenoxy) is 2. The van der Waals surface area contributed by atoms with E-state index in [2.05, 4.69) is 15.3 Å². The van der Waals surface area contributed by atoms with Crippen LogP contribution < -0.4 is 10.9 Å². The molecule has 0 bridgehead atoms. The van der Waals surface area contributed by atoms with Crippen LogP contribution in [0.25, 0.3) is 0 Å². The van der Waals surface area contributed by atoms with Gasteiger partial charge in [-0.1, -0.05) is 12.1 Å². The predicted octanol–water partition coefficient (Wildman–Crippen LogP) is 2.51. The number of rotatable bonds is 8. The second-order valence-electron chi connectivity index (χ2n) is 9.78. The van der Waals surface area contributed by atoms with Gasteiger partial charge in [-0.05, 0) is 58.7 Å². The maximum Gasteiger partial charge on any atom is 0.410 e. The monoisotopic (exact) mass is 508 g/mol. The van der Waals surface area contributed by atoms with Crippen LogP contribution in [0.4, 0.5) is 9.18 Å².